The number of aromatic nitrogens is 5. The Morgan fingerprint density at radius 2 is 1.83 bits per heavy atom. The van der Waals surface area contributed by atoms with E-state index in [1.54, 1.807) is 10.9 Å². The molecule has 3 aromatic heterocycles. The van der Waals surface area contributed by atoms with Gasteiger partial charge in [-0.05, 0) is 11.6 Å². The zero-order valence-electron chi connectivity index (χ0n) is 15.2. The summed E-state index contributed by atoms with van der Waals surface area (Å²) in [6.45, 7) is 0.489. The molecule has 0 atom stereocenters. The van der Waals surface area contributed by atoms with Crippen LogP contribution in [-0.4, -0.2) is 30.3 Å². The number of halogens is 4. The van der Waals surface area contributed by atoms with Gasteiger partial charge in [0.15, 0.2) is 11.3 Å². The Kier molecular flexibility index (Phi) is 5.17. The molecule has 30 heavy (non-hydrogen) atoms. The highest BCUT2D eigenvalue weighted by molar-refractivity contribution is 6.03. The number of anilines is 1. The first-order chi connectivity index (χ1) is 14.4. The Morgan fingerprint density at radius 1 is 1.07 bits per heavy atom. The number of benzene rings is 1. The predicted octanol–water partition coefficient (Wildman–Crippen LogP) is 4.10. The van der Waals surface area contributed by atoms with Crippen LogP contribution < -0.4 is 5.32 Å². The second-order valence-electron chi connectivity index (χ2n) is 6.37. The fourth-order valence-corrected chi connectivity index (χ4v) is 2.88. The number of alkyl halides is 4. The summed E-state index contributed by atoms with van der Waals surface area (Å²) in [4.78, 5) is 16.1. The molecule has 0 radical (unpaired) electrons. The summed E-state index contributed by atoms with van der Waals surface area (Å²) in [5.41, 5.74) is -0.723. The average Bonchev–Trinajstić information content (AvgIpc) is 3.34. The molecule has 0 aliphatic carbocycles. The summed E-state index contributed by atoms with van der Waals surface area (Å²) in [6, 6.07) is 11.2. The monoisotopic (exact) mass is 418 g/mol. The van der Waals surface area contributed by atoms with E-state index >= 15 is 0 Å². The average molecular weight is 418 g/mol. The van der Waals surface area contributed by atoms with Gasteiger partial charge >= 0.3 is 0 Å². The van der Waals surface area contributed by atoms with Crippen molar-refractivity contribution in [3.05, 3.63) is 77.5 Å². The molecule has 0 bridgehead atoms. The van der Waals surface area contributed by atoms with Crippen LogP contribution in [0.3, 0.4) is 0 Å². The van der Waals surface area contributed by atoms with Gasteiger partial charge < -0.3 is 5.32 Å². The van der Waals surface area contributed by atoms with E-state index in [1.165, 1.54) is 6.20 Å². The Hall–Kier alpha value is -3.76. The van der Waals surface area contributed by atoms with Gasteiger partial charge in [-0.3, -0.25) is 9.48 Å². The van der Waals surface area contributed by atoms with Crippen LogP contribution in [0.15, 0.2) is 54.9 Å². The van der Waals surface area contributed by atoms with E-state index in [0.717, 1.165) is 11.6 Å². The van der Waals surface area contributed by atoms with Crippen LogP contribution >= 0.6 is 0 Å². The van der Waals surface area contributed by atoms with Gasteiger partial charge in [0.2, 0.25) is 0 Å². The molecule has 0 fully saturated rings. The van der Waals surface area contributed by atoms with Gasteiger partial charge in [-0.15, -0.1) is 0 Å². The minimum Gasteiger partial charge on any atom is -0.318 e. The quantitative estimate of drug-likeness (QED) is 0.479. The Bertz CT molecular complexity index is 1190. The Balaban J connectivity index is 1.56. The molecule has 4 rings (SSSR count). The molecule has 3 heterocycles. The van der Waals surface area contributed by atoms with Gasteiger partial charge in [0.05, 0.1) is 18.4 Å². The van der Waals surface area contributed by atoms with E-state index in [-0.39, 0.29) is 11.3 Å². The van der Waals surface area contributed by atoms with Gasteiger partial charge in [-0.1, -0.05) is 30.3 Å². The van der Waals surface area contributed by atoms with Gasteiger partial charge in [-0.25, -0.2) is 27.1 Å². The molecule has 0 unspecified atom stereocenters. The molecule has 1 N–H and O–H groups in total. The number of amides is 1. The number of nitrogens with zero attached hydrogens (tertiary/aromatic N) is 5. The maximum absolute atomic E-state index is 13.2. The van der Waals surface area contributed by atoms with E-state index in [0.29, 0.717) is 22.8 Å². The van der Waals surface area contributed by atoms with Crippen molar-refractivity contribution in [2.45, 2.75) is 19.4 Å². The minimum absolute atomic E-state index is 0.244. The number of carbonyl (C=O) groups is 1. The van der Waals surface area contributed by atoms with Crippen LogP contribution in [-0.2, 0) is 6.54 Å². The normalized spacial score (nSPS) is 11.5. The van der Waals surface area contributed by atoms with Crippen molar-refractivity contribution in [3.8, 4) is 0 Å². The predicted molar refractivity (Wildman–Crippen MR) is 98.6 cm³/mol. The lowest BCUT2D eigenvalue weighted by molar-refractivity contribution is 0.102. The summed E-state index contributed by atoms with van der Waals surface area (Å²) in [5.74, 6) is -0.710. The molecule has 0 aliphatic heterocycles. The van der Waals surface area contributed by atoms with Crippen LogP contribution in [0.1, 0.15) is 40.3 Å². The number of rotatable bonds is 6. The van der Waals surface area contributed by atoms with Gasteiger partial charge in [0.1, 0.15) is 11.4 Å². The van der Waals surface area contributed by atoms with Crippen molar-refractivity contribution < 1.29 is 22.4 Å². The summed E-state index contributed by atoms with van der Waals surface area (Å²) >= 11 is 0. The number of hydrogen-bond acceptors (Lipinski definition) is 4. The maximum atomic E-state index is 13.2. The topological polar surface area (TPSA) is 77.1 Å². The van der Waals surface area contributed by atoms with Crippen molar-refractivity contribution in [3.63, 3.8) is 0 Å². The zero-order valence-corrected chi connectivity index (χ0v) is 15.2. The molecule has 0 saturated heterocycles. The first-order valence-corrected chi connectivity index (χ1v) is 8.75. The molecule has 11 heteroatoms. The Labute approximate surface area is 167 Å². The van der Waals surface area contributed by atoms with E-state index in [9.17, 15) is 22.4 Å². The molecular formula is C19H14F4N6O. The first kappa shape index (κ1) is 19.6. The molecule has 1 amide bonds. The molecule has 4 aromatic rings. The van der Waals surface area contributed by atoms with Gasteiger partial charge in [0.25, 0.3) is 18.8 Å². The van der Waals surface area contributed by atoms with Crippen molar-refractivity contribution >= 4 is 17.2 Å². The summed E-state index contributed by atoms with van der Waals surface area (Å²) < 4.78 is 54.6. The van der Waals surface area contributed by atoms with E-state index in [1.807, 2.05) is 30.3 Å². The largest absolute Gasteiger partial charge is 0.318 e. The van der Waals surface area contributed by atoms with E-state index in [2.05, 4.69) is 20.5 Å². The highest BCUT2D eigenvalue weighted by Crippen LogP contribution is 2.25. The smallest absolute Gasteiger partial charge is 0.280 e. The second kappa shape index (κ2) is 7.93. The van der Waals surface area contributed by atoms with Gasteiger partial charge in [-0.2, -0.15) is 10.2 Å². The number of hydrogen-bond donors (Lipinski definition) is 1. The van der Waals surface area contributed by atoms with E-state index < -0.39 is 30.1 Å². The molecule has 154 valence electrons. The number of fused-ring (bicyclic) bond motifs is 1. The number of carbonyl (C=O) groups excluding carboxylic acids is 1. The van der Waals surface area contributed by atoms with E-state index in [4.69, 9.17) is 0 Å². The van der Waals surface area contributed by atoms with Crippen LogP contribution in [0.4, 0.5) is 23.2 Å². The lowest BCUT2D eigenvalue weighted by atomic mass is 10.2. The Morgan fingerprint density at radius 3 is 2.53 bits per heavy atom. The molecule has 0 spiro atoms. The highest BCUT2D eigenvalue weighted by Gasteiger charge is 2.22. The summed E-state index contributed by atoms with van der Waals surface area (Å²) in [6.07, 6.45) is -3.08. The fraction of sp³-hybridized carbons (Fsp3) is 0.158. The second-order valence-corrected chi connectivity index (χ2v) is 6.37. The number of nitrogens with one attached hydrogen (secondary N) is 1. The van der Waals surface area contributed by atoms with Crippen molar-refractivity contribution in [1.82, 2.24) is 24.4 Å². The third-order valence-corrected chi connectivity index (χ3v) is 4.23. The van der Waals surface area contributed by atoms with Crippen LogP contribution in [0, 0.1) is 0 Å². The molecule has 0 aliphatic rings. The third-order valence-electron chi connectivity index (χ3n) is 4.23. The molecular weight excluding hydrogens is 404 g/mol. The zero-order chi connectivity index (χ0) is 21.3. The SMILES string of the molecule is O=C(Nc1cnn(Cc2ccccc2)c1)c1cc2nc(C(F)F)cc(C(F)F)n2n1. The summed E-state index contributed by atoms with van der Waals surface area (Å²) in [7, 11) is 0. The van der Waals surface area contributed by atoms with Gasteiger partial charge in [0, 0.05) is 12.3 Å². The maximum Gasteiger partial charge on any atom is 0.280 e. The minimum atomic E-state index is -3.07. The fourth-order valence-electron chi connectivity index (χ4n) is 2.88. The highest BCUT2D eigenvalue weighted by atomic mass is 19.3. The lowest BCUT2D eigenvalue weighted by Gasteiger charge is -2.06. The standard InChI is InChI=1S/C19H14F4N6O/c20-17(21)13-6-15(18(22)23)29-16(26-13)7-14(27-29)19(30)25-12-8-24-28(10-12)9-11-4-2-1-3-5-11/h1-8,10,17-18H,9H2,(H,25,30). The first-order valence-electron chi connectivity index (χ1n) is 8.75. The van der Waals surface area contributed by atoms with Crippen molar-refractivity contribution in [2.75, 3.05) is 5.32 Å². The summed E-state index contributed by atoms with van der Waals surface area (Å²) in [5, 5.41) is 10.5. The third kappa shape index (κ3) is 4.00. The van der Waals surface area contributed by atoms with Crippen LogP contribution in [0.2, 0.25) is 0 Å². The lowest BCUT2D eigenvalue weighted by Crippen LogP contribution is -2.12. The molecule has 7 nitrogen and oxygen atoms in total. The van der Waals surface area contributed by atoms with Crippen LogP contribution in [0.25, 0.3) is 5.65 Å². The van der Waals surface area contributed by atoms with Crippen LogP contribution in [0.5, 0.6) is 0 Å². The molecule has 0 saturated carbocycles. The van der Waals surface area contributed by atoms with Crippen molar-refractivity contribution in [2.24, 2.45) is 0 Å². The molecule has 1 aromatic carbocycles. The van der Waals surface area contributed by atoms with Crippen molar-refractivity contribution in [1.29, 1.82) is 0 Å².